The zero-order chi connectivity index (χ0) is 12.1. The molecule has 0 spiro atoms. The van der Waals surface area contributed by atoms with Gasteiger partial charge in [0.1, 0.15) is 11.5 Å². The molecular weight excluding hydrogens is 216 g/mol. The molecule has 4 heteroatoms. The Balaban J connectivity index is 2.13. The number of nitrogens with two attached hydrogens (primary N) is 1. The minimum Gasteiger partial charge on any atom is -0.457 e. The predicted octanol–water partition coefficient (Wildman–Crippen LogP) is 3.03. The van der Waals surface area contributed by atoms with E-state index in [-0.39, 0.29) is 0 Å². The standard InChI is InChI=1S/C13H10N2O2/c14-10-1-5-12(6-2-10)17-13-7-3-11(4-8-13)15-9-16/h1-8H,14H2. The first-order valence-electron chi connectivity index (χ1n) is 4.99. The van der Waals surface area contributed by atoms with Crippen molar-refractivity contribution in [3.63, 3.8) is 0 Å². The van der Waals surface area contributed by atoms with E-state index in [1.54, 1.807) is 48.5 Å². The summed E-state index contributed by atoms with van der Waals surface area (Å²) in [4.78, 5) is 13.5. The van der Waals surface area contributed by atoms with Gasteiger partial charge < -0.3 is 10.5 Å². The predicted molar refractivity (Wildman–Crippen MR) is 65.2 cm³/mol. The molecule has 0 aliphatic carbocycles. The van der Waals surface area contributed by atoms with Crippen LogP contribution in [-0.4, -0.2) is 6.08 Å². The van der Waals surface area contributed by atoms with Crippen LogP contribution in [0.25, 0.3) is 0 Å². The monoisotopic (exact) mass is 226 g/mol. The van der Waals surface area contributed by atoms with E-state index in [1.165, 1.54) is 6.08 Å². The van der Waals surface area contributed by atoms with Gasteiger partial charge in [0.2, 0.25) is 6.08 Å². The smallest absolute Gasteiger partial charge is 0.240 e. The number of rotatable bonds is 3. The van der Waals surface area contributed by atoms with Crippen molar-refractivity contribution in [3.05, 3.63) is 48.5 Å². The number of hydrogen-bond acceptors (Lipinski definition) is 4. The lowest BCUT2D eigenvalue weighted by Crippen LogP contribution is -1.86. The number of nitrogen functional groups attached to an aromatic ring is 1. The van der Waals surface area contributed by atoms with E-state index < -0.39 is 0 Å². The quantitative estimate of drug-likeness (QED) is 0.497. The van der Waals surface area contributed by atoms with E-state index in [4.69, 9.17) is 10.5 Å². The Hall–Kier alpha value is -2.58. The highest BCUT2D eigenvalue weighted by molar-refractivity contribution is 5.50. The molecule has 84 valence electrons. The summed E-state index contributed by atoms with van der Waals surface area (Å²) in [6.45, 7) is 0. The van der Waals surface area contributed by atoms with Gasteiger partial charge in [-0.15, -0.1) is 0 Å². The van der Waals surface area contributed by atoms with E-state index in [9.17, 15) is 4.79 Å². The highest BCUT2D eigenvalue weighted by atomic mass is 16.5. The van der Waals surface area contributed by atoms with Crippen molar-refractivity contribution in [1.29, 1.82) is 0 Å². The molecule has 2 aromatic carbocycles. The van der Waals surface area contributed by atoms with Gasteiger partial charge in [-0.1, -0.05) is 0 Å². The van der Waals surface area contributed by atoms with Gasteiger partial charge in [0.25, 0.3) is 0 Å². The van der Waals surface area contributed by atoms with Gasteiger partial charge in [0.15, 0.2) is 0 Å². The minimum atomic E-state index is 0.546. The van der Waals surface area contributed by atoms with Gasteiger partial charge in [-0.05, 0) is 48.5 Å². The number of ether oxygens (including phenoxy) is 1. The molecule has 0 fully saturated rings. The number of aliphatic imine (C=N–C) groups is 1. The Morgan fingerprint density at radius 3 is 2.00 bits per heavy atom. The summed E-state index contributed by atoms with van der Waals surface area (Å²) >= 11 is 0. The van der Waals surface area contributed by atoms with Crippen LogP contribution in [0.3, 0.4) is 0 Å². The molecule has 0 atom stereocenters. The zero-order valence-corrected chi connectivity index (χ0v) is 8.96. The lowest BCUT2D eigenvalue weighted by Gasteiger charge is -2.05. The third kappa shape index (κ3) is 2.93. The molecule has 0 saturated heterocycles. The van der Waals surface area contributed by atoms with Crippen molar-refractivity contribution in [3.8, 4) is 11.5 Å². The third-order valence-corrected chi connectivity index (χ3v) is 2.13. The van der Waals surface area contributed by atoms with Gasteiger partial charge in [0.05, 0.1) is 5.69 Å². The van der Waals surface area contributed by atoms with Crippen molar-refractivity contribution in [2.75, 3.05) is 5.73 Å². The number of anilines is 1. The minimum absolute atomic E-state index is 0.546. The molecule has 0 aliphatic heterocycles. The maximum Gasteiger partial charge on any atom is 0.240 e. The molecule has 0 aliphatic rings. The van der Waals surface area contributed by atoms with Gasteiger partial charge >= 0.3 is 0 Å². The Labute approximate surface area is 98.4 Å². The van der Waals surface area contributed by atoms with Crippen LogP contribution in [-0.2, 0) is 4.79 Å². The summed E-state index contributed by atoms with van der Waals surface area (Å²) in [6, 6.07) is 13.9. The van der Waals surface area contributed by atoms with Crippen molar-refractivity contribution < 1.29 is 9.53 Å². The molecule has 2 rings (SSSR count). The first-order chi connectivity index (χ1) is 8.28. The first-order valence-corrected chi connectivity index (χ1v) is 4.99. The van der Waals surface area contributed by atoms with Crippen LogP contribution in [0.15, 0.2) is 53.5 Å². The van der Waals surface area contributed by atoms with Crippen LogP contribution in [0.2, 0.25) is 0 Å². The Kier molecular flexibility index (Phi) is 3.19. The topological polar surface area (TPSA) is 64.7 Å². The van der Waals surface area contributed by atoms with E-state index in [0.717, 1.165) is 0 Å². The Morgan fingerprint density at radius 1 is 0.941 bits per heavy atom. The van der Waals surface area contributed by atoms with Crippen molar-refractivity contribution in [1.82, 2.24) is 0 Å². The molecule has 17 heavy (non-hydrogen) atoms. The average Bonchev–Trinajstić information content (AvgIpc) is 2.35. The third-order valence-electron chi connectivity index (χ3n) is 2.13. The normalized spacial score (nSPS) is 9.41. The summed E-state index contributed by atoms with van der Waals surface area (Å²) in [5, 5.41) is 0. The molecule has 0 aromatic heterocycles. The van der Waals surface area contributed by atoms with Crippen LogP contribution < -0.4 is 10.5 Å². The molecule has 4 nitrogen and oxygen atoms in total. The molecule has 0 unspecified atom stereocenters. The summed E-state index contributed by atoms with van der Waals surface area (Å²) < 4.78 is 5.57. The SMILES string of the molecule is Nc1ccc(Oc2ccc(N=C=O)cc2)cc1. The van der Waals surface area contributed by atoms with Gasteiger partial charge in [0, 0.05) is 5.69 Å². The fourth-order valence-corrected chi connectivity index (χ4v) is 1.31. The molecule has 0 amide bonds. The number of carbonyl (C=O) groups excluding carboxylic acids is 1. The zero-order valence-electron chi connectivity index (χ0n) is 8.96. The van der Waals surface area contributed by atoms with Crippen LogP contribution in [0, 0.1) is 0 Å². The molecule has 0 radical (unpaired) electrons. The van der Waals surface area contributed by atoms with Crippen LogP contribution >= 0.6 is 0 Å². The lowest BCUT2D eigenvalue weighted by molar-refractivity contribution is 0.483. The second-order valence-electron chi connectivity index (χ2n) is 3.37. The van der Waals surface area contributed by atoms with Gasteiger partial charge in [-0.25, -0.2) is 4.79 Å². The van der Waals surface area contributed by atoms with Crippen molar-refractivity contribution in [2.45, 2.75) is 0 Å². The molecular formula is C13H10N2O2. The molecule has 2 N–H and O–H groups in total. The van der Waals surface area contributed by atoms with E-state index in [0.29, 0.717) is 22.9 Å². The number of hydrogen-bond donors (Lipinski definition) is 1. The molecule has 0 heterocycles. The van der Waals surface area contributed by atoms with Crippen molar-refractivity contribution in [2.24, 2.45) is 4.99 Å². The number of benzene rings is 2. The largest absolute Gasteiger partial charge is 0.457 e. The second kappa shape index (κ2) is 4.96. The first kappa shape index (κ1) is 10.9. The Morgan fingerprint density at radius 2 is 1.47 bits per heavy atom. The fourth-order valence-electron chi connectivity index (χ4n) is 1.31. The summed E-state index contributed by atoms with van der Waals surface area (Å²) in [7, 11) is 0. The average molecular weight is 226 g/mol. The summed E-state index contributed by atoms with van der Waals surface area (Å²) in [5.74, 6) is 1.37. The second-order valence-corrected chi connectivity index (χ2v) is 3.37. The van der Waals surface area contributed by atoms with Gasteiger partial charge in [-0.3, -0.25) is 0 Å². The number of isocyanates is 1. The summed E-state index contributed by atoms with van der Waals surface area (Å²) in [5.41, 5.74) is 6.80. The molecule has 0 saturated carbocycles. The fraction of sp³-hybridized carbons (Fsp3) is 0. The molecule has 2 aromatic rings. The highest BCUT2D eigenvalue weighted by Crippen LogP contribution is 2.24. The van der Waals surface area contributed by atoms with E-state index >= 15 is 0 Å². The van der Waals surface area contributed by atoms with Crippen LogP contribution in [0.1, 0.15) is 0 Å². The van der Waals surface area contributed by atoms with E-state index in [2.05, 4.69) is 4.99 Å². The number of nitrogens with zero attached hydrogens (tertiary/aromatic N) is 1. The van der Waals surface area contributed by atoms with Crippen LogP contribution in [0.5, 0.6) is 11.5 Å². The molecule has 0 bridgehead atoms. The maximum atomic E-state index is 10.0. The van der Waals surface area contributed by atoms with E-state index in [1.807, 2.05) is 0 Å². The van der Waals surface area contributed by atoms with Gasteiger partial charge in [-0.2, -0.15) is 4.99 Å². The maximum absolute atomic E-state index is 10.0. The highest BCUT2D eigenvalue weighted by Gasteiger charge is 1.97. The summed E-state index contributed by atoms with van der Waals surface area (Å²) in [6.07, 6.45) is 1.48. The van der Waals surface area contributed by atoms with Crippen LogP contribution in [0.4, 0.5) is 11.4 Å². The lowest BCUT2D eigenvalue weighted by atomic mass is 10.3. The van der Waals surface area contributed by atoms with Crippen molar-refractivity contribution >= 4 is 17.5 Å². The Bertz CT molecular complexity index is 541.